The Hall–Kier alpha value is -1.11. The van der Waals surface area contributed by atoms with Crippen LogP contribution in [0.2, 0.25) is 0 Å². The SMILES string of the molecule is C=C/C=C/C=C/C(=O)CCC. The van der Waals surface area contributed by atoms with E-state index in [0.717, 1.165) is 6.42 Å². The first kappa shape index (κ1) is 9.89. The lowest BCUT2D eigenvalue weighted by Gasteiger charge is -1.85. The first-order valence-corrected chi connectivity index (χ1v) is 3.80. The summed E-state index contributed by atoms with van der Waals surface area (Å²) in [6.45, 7) is 5.50. The Labute approximate surface area is 68.1 Å². The van der Waals surface area contributed by atoms with Gasteiger partial charge in [-0.2, -0.15) is 0 Å². The molecule has 0 aliphatic rings. The van der Waals surface area contributed by atoms with Crippen molar-refractivity contribution in [2.75, 3.05) is 0 Å². The Morgan fingerprint density at radius 1 is 1.36 bits per heavy atom. The summed E-state index contributed by atoms with van der Waals surface area (Å²) < 4.78 is 0. The summed E-state index contributed by atoms with van der Waals surface area (Å²) in [4.78, 5) is 10.9. The topological polar surface area (TPSA) is 17.1 Å². The van der Waals surface area contributed by atoms with Crippen LogP contribution in [0.5, 0.6) is 0 Å². The van der Waals surface area contributed by atoms with E-state index in [0.29, 0.717) is 6.42 Å². The smallest absolute Gasteiger partial charge is 0.155 e. The maximum absolute atomic E-state index is 10.9. The van der Waals surface area contributed by atoms with E-state index >= 15 is 0 Å². The fourth-order valence-corrected chi connectivity index (χ4v) is 0.635. The van der Waals surface area contributed by atoms with Crippen LogP contribution in [0.4, 0.5) is 0 Å². The average Bonchev–Trinajstić information content (AvgIpc) is 1.99. The average molecular weight is 150 g/mol. The van der Waals surface area contributed by atoms with Gasteiger partial charge < -0.3 is 0 Å². The molecule has 0 rings (SSSR count). The van der Waals surface area contributed by atoms with Gasteiger partial charge in [-0.25, -0.2) is 0 Å². The zero-order valence-electron chi connectivity index (χ0n) is 6.92. The second-order valence-corrected chi connectivity index (χ2v) is 2.20. The summed E-state index contributed by atoms with van der Waals surface area (Å²) in [7, 11) is 0. The third kappa shape index (κ3) is 6.78. The molecule has 60 valence electrons. The van der Waals surface area contributed by atoms with Gasteiger partial charge in [0, 0.05) is 6.42 Å². The summed E-state index contributed by atoms with van der Waals surface area (Å²) in [5.74, 6) is 0.182. The zero-order valence-corrected chi connectivity index (χ0v) is 6.92. The zero-order chi connectivity index (χ0) is 8.53. The van der Waals surface area contributed by atoms with E-state index in [1.807, 2.05) is 6.92 Å². The minimum Gasteiger partial charge on any atom is -0.295 e. The Balaban J connectivity index is 3.64. The first-order valence-electron chi connectivity index (χ1n) is 3.80. The molecule has 0 spiro atoms. The van der Waals surface area contributed by atoms with Gasteiger partial charge in [0.2, 0.25) is 0 Å². The van der Waals surface area contributed by atoms with Gasteiger partial charge in [-0.3, -0.25) is 4.79 Å². The first-order chi connectivity index (χ1) is 5.31. The van der Waals surface area contributed by atoms with Crippen molar-refractivity contribution in [3.63, 3.8) is 0 Å². The van der Waals surface area contributed by atoms with Crippen molar-refractivity contribution in [1.82, 2.24) is 0 Å². The van der Waals surface area contributed by atoms with Crippen molar-refractivity contribution in [1.29, 1.82) is 0 Å². The van der Waals surface area contributed by atoms with Crippen LogP contribution in [-0.2, 0) is 4.79 Å². The van der Waals surface area contributed by atoms with Crippen LogP contribution in [0.15, 0.2) is 37.0 Å². The molecule has 1 heteroatoms. The molecule has 0 radical (unpaired) electrons. The van der Waals surface area contributed by atoms with Gasteiger partial charge in [0.1, 0.15) is 0 Å². The maximum atomic E-state index is 10.9. The van der Waals surface area contributed by atoms with Gasteiger partial charge in [0.25, 0.3) is 0 Å². The number of allylic oxidation sites excluding steroid dienone is 5. The summed E-state index contributed by atoms with van der Waals surface area (Å²) in [6, 6.07) is 0. The van der Waals surface area contributed by atoms with Crippen LogP contribution >= 0.6 is 0 Å². The predicted molar refractivity (Wildman–Crippen MR) is 48.4 cm³/mol. The lowest BCUT2D eigenvalue weighted by Crippen LogP contribution is -1.88. The Morgan fingerprint density at radius 2 is 2.09 bits per heavy atom. The number of hydrogen-bond donors (Lipinski definition) is 0. The van der Waals surface area contributed by atoms with Gasteiger partial charge in [0.05, 0.1) is 0 Å². The van der Waals surface area contributed by atoms with Crippen LogP contribution in [0, 0.1) is 0 Å². The molecule has 0 saturated carbocycles. The van der Waals surface area contributed by atoms with Gasteiger partial charge in [-0.05, 0) is 12.5 Å². The second kappa shape index (κ2) is 7.00. The Morgan fingerprint density at radius 3 is 2.64 bits per heavy atom. The number of hydrogen-bond acceptors (Lipinski definition) is 1. The fourth-order valence-electron chi connectivity index (χ4n) is 0.635. The summed E-state index contributed by atoms with van der Waals surface area (Å²) in [5.41, 5.74) is 0. The van der Waals surface area contributed by atoms with Crippen molar-refractivity contribution < 1.29 is 4.79 Å². The van der Waals surface area contributed by atoms with E-state index in [1.54, 1.807) is 30.4 Å². The summed E-state index contributed by atoms with van der Waals surface area (Å²) in [5, 5.41) is 0. The molecule has 0 aromatic heterocycles. The summed E-state index contributed by atoms with van der Waals surface area (Å²) in [6.07, 6.45) is 10.1. The number of carbonyl (C=O) groups excluding carboxylic acids is 1. The van der Waals surface area contributed by atoms with Crippen molar-refractivity contribution in [3.05, 3.63) is 37.0 Å². The molecule has 1 nitrogen and oxygen atoms in total. The third-order valence-corrected chi connectivity index (χ3v) is 1.14. The molecule has 0 aliphatic carbocycles. The predicted octanol–water partition coefficient (Wildman–Crippen LogP) is 2.65. The normalized spacial score (nSPS) is 11.0. The van der Waals surface area contributed by atoms with E-state index < -0.39 is 0 Å². The van der Waals surface area contributed by atoms with Gasteiger partial charge in [-0.15, -0.1) is 0 Å². The Bertz CT molecular complexity index is 175. The third-order valence-electron chi connectivity index (χ3n) is 1.14. The van der Waals surface area contributed by atoms with Crippen molar-refractivity contribution in [2.24, 2.45) is 0 Å². The molecule has 0 aliphatic heterocycles. The van der Waals surface area contributed by atoms with Crippen LogP contribution in [0.3, 0.4) is 0 Å². The van der Waals surface area contributed by atoms with Crippen molar-refractivity contribution in [2.45, 2.75) is 19.8 Å². The number of carbonyl (C=O) groups is 1. The molecule has 0 bridgehead atoms. The highest BCUT2D eigenvalue weighted by atomic mass is 16.1. The van der Waals surface area contributed by atoms with E-state index in [1.165, 1.54) is 0 Å². The minimum atomic E-state index is 0.182. The van der Waals surface area contributed by atoms with Gasteiger partial charge >= 0.3 is 0 Å². The minimum absolute atomic E-state index is 0.182. The quantitative estimate of drug-likeness (QED) is 0.435. The molecule has 0 amide bonds. The molecule has 0 heterocycles. The Kier molecular flexibility index (Phi) is 6.30. The van der Waals surface area contributed by atoms with Crippen molar-refractivity contribution >= 4 is 5.78 Å². The highest BCUT2D eigenvalue weighted by Gasteiger charge is 1.89. The molecule has 0 aromatic rings. The standard InChI is InChI=1S/C10H14O/c1-3-5-6-7-9-10(11)8-4-2/h3,5-7,9H,1,4,8H2,2H3/b6-5+,9-7+. The number of ketones is 1. The van der Waals surface area contributed by atoms with E-state index in [2.05, 4.69) is 6.58 Å². The van der Waals surface area contributed by atoms with Crippen LogP contribution in [0.25, 0.3) is 0 Å². The van der Waals surface area contributed by atoms with Crippen LogP contribution in [-0.4, -0.2) is 5.78 Å². The van der Waals surface area contributed by atoms with E-state index in [4.69, 9.17) is 0 Å². The molecule has 0 saturated heterocycles. The van der Waals surface area contributed by atoms with Crippen molar-refractivity contribution in [3.8, 4) is 0 Å². The highest BCUT2D eigenvalue weighted by Crippen LogP contribution is 1.90. The molecule has 11 heavy (non-hydrogen) atoms. The highest BCUT2D eigenvalue weighted by molar-refractivity contribution is 5.89. The summed E-state index contributed by atoms with van der Waals surface area (Å²) >= 11 is 0. The van der Waals surface area contributed by atoms with E-state index in [-0.39, 0.29) is 5.78 Å². The molecular weight excluding hydrogens is 136 g/mol. The molecule has 0 N–H and O–H groups in total. The molecular formula is C10H14O. The maximum Gasteiger partial charge on any atom is 0.155 e. The monoisotopic (exact) mass is 150 g/mol. The molecule has 0 fully saturated rings. The lowest BCUT2D eigenvalue weighted by atomic mass is 10.2. The lowest BCUT2D eigenvalue weighted by molar-refractivity contribution is -0.114. The fraction of sp³-hybridized carbons (Fsp3) is 0.300. The van der Waals surface area contributed by atoms with Gasteiger partial charge in [0.15, 0.2) is 5.78 Å². The number of rotatable bonds is 5. The van der Waals surface area contributed by atoms with Gasteiger partial charge in [-0.1, -0.05) is 37.8 Å². The second-order valence-electron chi connectivity index (χ2n) is 2.20. The van der Waals surface area contributed by atoms with Crippen LogP contribution in [0.1, 0.15) is 19.8 Å². The van der Waals surface area contributed by atoms with Crippen LogP contribution < -0.4 is 0 Å². The molecule has 0 unspecified atom stereocenters. The largest absolute Gasteiger partial charge is 0.295 e. The molecule has 0 atom stereocenters. The van der Waals surface area contributed by atoms with E-state index in [9.17, 15) is 4.79 Å². The molecule has 0 aromatic carbocycles.